The van der Waals surface area contributed by atoms with Crippen LogP contribution in [0.1, 0.15) is 29.4 Å². The van der Waals surface area contributed by atoms with E-state index in [0.717, 1.165) is 12.0 Å². The van der Waals surface area contributed by atoms with Gasteiger partial charge < -0.3 is 18.8 Å². The molecule has 0 unspecified atom stereocenters. The molecule has 1 aromatic heterocycles. The van der Waals surface area contributed by atoms with Crippen LogP contribution in [0.2, 0.25) is 0 Å². The highest BCUT2D eigenvalue weighted by atomic mass is 16.5. The van der Waals surface area contributed by atoms with Gasteiger partial charge in [-0.3, -0.25) is 0 Å². The number of aryl methyl sites for hydroxylation is 1. The quantitative estimate of drug-likeness (QED) is 0.508. The molecule has 0 saturated heterocycles. The molecule has 0 aliphatic carbocycles. The van der Waals surface area contributed by atoms with E-state index in [2.05, 4.69) is 0 Å². The molecule has 0 amide bonds. The Balaban J connectivity index is 2.43. The van der Waals surface area contributed by atoms with Crippen molar-refractivity contribution in [2.75, 3.05) is 33.5 Å². The van der Waals surface area contributed by atoms with Gasteiger partial charge in [-0.05, 0) is 31.9 Å². The molecule has 0 spiro atoms. The van der Waals surface area contributed by atoms with Crippen molar-refractivity contribution >= 4 is 5.97 Å². The van der Waals surface area contributed by atoms with Gasteiger partial charge in [0, 0.05) is 33.1 Å². The molecule has 0 atom stereocenters. The van der Waals surface area contributed by atoms with Gasteiger partial charge in [0.1, 0.15) is 5.69 Å². The Morgan fingerprint density at radius 2 is 2.11 bits per heavy atom. The molecule has 108 valence electrons. The Kier molecular flexibility index (Phi) is 7.22. The lowest BCUT2D eigenvalue weighted by molar-refractivity contribution is 0.0508. The normalized spacial score (nSPS) is 10.7. The van der Waals surface area contributed by atoms with E-state index in [1.807, 2.05) is 23.8 Å². The van der Waals surface area contributed by atoms with Gasteiger partial charge in [0.25, 0.3) is 0 Å². The van der Waals surface area contributed by atoms with Gasteiger partial charge in [-0.2, -0.15) is 0 Å². The van der Waals surface area contributed by atoms with Crippen LogP contribution < -0.4 is 0 Å². The summed E-state index contributed by atoms with van der Waals surface area (Å²) >= 11 is 0. The molecule has 1 heterocycles. The van der Waals surface area contributed by atoms with Crippen LogP contribution in [0, 0.1) is 6.92 Å². The number of ether oxygens (including phenoxy) is 3. The van der Waals surface area contributed by atoms with Crippen LogP contribution in [0.5, 0.6) is 0 Å². The van der Waals surface area contributed by atoms with Crippen molar-refractivity contribution in [3.05, 3.63) is 23.5 Å². The number of hydrogen-bond donors (Lipinski definition) is 0. The molecular formula is C14H23NO4. The average Bonchev–Trinajstić information content (AvgIpc) is 2.75. The summed E-state index contributed by atoms with van der Waals surface area (Å²) in [6.07, 6.45) is 2.77. The minimum absolute atomic E-state index is 0.274. The van der Waals surface area contributed by atoms with Gasteiger partial charge in [-0.1, -0.05) is 0 Å². The maximum Gasteiger partial charge on any atom is 0.355 e. The molecule has 0 aromatic carbocycles. The summed E-state index contributed by atoms with van der Waals surface area (Å²) in [6.45, 7) is 6.69. The molecular weight excluding hydrogens is 246 g/mol. The molecule has 19 heavy (non-hydrogen) atoms. The van der Waals surface area contributed by atoms with Crippen LogP contribution in [0.4, 0.5) is 0 Å². The summed E-state index contributed by atoms with van der Waals surface area (Å²) in [6, 6.07) is 1.91. The van der Waals surface area contributed by atoms with Crippen molar-refractivity contribution in [2.24, 2.45) is 0 Å². The minimum Gasteiger partial charge on any atom is -0.461 e. The summed E-state index contributed by atoms with van der Waals surface area (Å²) in [7, 11) is 1.67. The fourth-order valence-corrected chi connectivity index (χ4v) is 1.82. The maximum atomic E-state index is 11.8. The third kappa shape index (κ3) is 5.04. The van der Waals surface area contributed by atoms with Crippen LogP contribution in [-0.4, -0.2) is 44.1 Å². The highest BCUT2D eigenvalue weighted by molar-refractivity contribution is 5.89. The molecule has 1 aromatic rings. The Hall–Kier alpha value is -1.33. The van der Waals surface area contributed by atoms with E-state index in [1.165, 1.54) is 0 Å². The van der Waals surface area contributed by atoms with E-state index in [1.54, 1.807) is 14.0 Å². The first kappa shape index (κ1) is 15.7. The molecule has 0 fully saturated rings. The zero-order valence-corrected chi connectivity index (χ0v) is 12.0. The second-order valence-electron chi connectivity index (χ2n) is 4.22. The average molecular weight is 269 g/mol. The highest BCUT2D eigenvalue weighted by Crippen LogP contribution is 2.11. The second-order valence-corrected chi connectivity index (χ2v) is 4.22. The number of carbonyl (C=O) groups excluding carboxylic acids is 1. The zero-order valence-electron chi connectivity index (χ0n) is 12.0. The molecule has 5 nitrogen and oxygen atoms in total. The van der Waals surface area contributed by atoms with Gasteiger partial charge in [0.05, 0.1) is 13.2 Å². The molecule has 0 aliphatic rings. The number of esters is 1. The van der Waals surface area contributed by atoms with E-state index in [4.69, 9.17) is 14.2 Å². The molecule has 0 radical (unpaired) electrons. The Bertz CT molecular complexity index is 387. The molecule has 0 bridgehead atoms. The summed E-state index contributed by atoms with van der Waals surface area (Å²) < 4.78 is 17.4. The topological polar surface area (TPSA) is 49.7 Å². The monoisotopic (exact) mass is 269 g/mol. The Labute approximate surface area is 114 Å². The Morgan fingerprint density at radius 3 is 2.79 bits per heavy atom. The van der Waals surface area contributed by atoms with Crippen molar-refractivity contribution in [3.63, 3.8) is 0 Å². The number of methoxy groups -OCH3 is 1. The number of nitrogens with zero attached hydrogens (tertiary/aromatic N) is 1. The molecule has 5 heteroatoms. The molecule has 0 aliphatic heterocycles. The summed E-state index contributed by atoms with van der Waals surface area (Å²) in [4.78, 5) is 11.8. The van der Waals surface area contributed by atoms with Crippen molar-refractivity contribution in [1.82, 2.24) is 4.57 Å². The van der Waals surface area contributed by atoms with Gasteiger partial charge in [0.2, 0.25) is 0 Å². The first-order valence-electron chi connectivity index (χ1n) is 6.60. The predicted octanol–water partition coefficient (Wildman–Crippen LogP) is 2.03. The number of rotatable bonds is 9. The summed E-state index contributed by atoms with van der Waals surface area (Å²) in [5, 5.41) is 0. The van der Waals surface area contributed by atoms with E-state index in [-0.39, 0.29) is 5.97 Å². The van der Waals surface area contributed by atoms with Crippen molar-refractivity contribution in [3.8, 4) is 0 Å². The third-order valence-electron chi connectivity index (χ3n) is 2.75. The SMILES string of the molecule is CCOC(=O)c1c(C)ccn1CCOCCCOC. The number of aromatic nitrogens is 1. The lowest BCUT2D eigenvalue weighted by Crippen LogP contribution is -2.15. The van der Waals surface area contributed by atoms with Crippen LogP contribution in [-0.2, 0) is 20.8 Å². The van der Waals surface area contributed by atoms with Gasteiger partial charge in [-0.15, -0.1) is 0 Å². The van der Waals surface area contributed by atoms with Crippen molar-refractivity contribution < 1.29 is 19.0 Å². The van der Waals surface area contributed by atoms with Crippen molar-refractivity contribution in [2.45, 2.75) is 26.8 Å². The van der Waals surface area contributed by atoms with Crippen LogP contribution in [0.15, 0.2) is 12.3 Å². The van der Waals surface area contributed by atoms with E-state index in [9.17, 15) is 4.79 Å². The number of hydrogen-bond acceptors (Lipinski definition) is 4. The smallest absolute Gasteiger partial charge is 0.355 e. The molecule has 0 N–H and O–H groups in total. The fourth-order valence-electron chi connectivity index (χ4n) is 1.82. The standard InChI is InChI=1S/C14H23NO4/c1-4-19-14(16)13-12(2)6-7-15(13)8-11-18-10-5-9-17-3/h6-7H,4-5,8-11H2,1-3H3. The summed E-state index contributed by atoms with van der Waals surface area (Å²) in [5.41, 5.74) is 1.54. The van der Waals surface area contributed by atoms with Gasteiger partial charge in [0.15, 0.2) is 0 Å². The molecule has 1 rings (SSSR count). The third-order valence-corrected chi connectivity index (χ3v) is 2.75. The van der Waals surface area contributed by atoms with E-state index >= 15 is 0 Å². The van der Waals surface area contributed by atoms with Gasteiger partial charge >= 0.3 is 5.97 Å². The minimum atomic E-state index is -0.274. The fraction of sp³-hybridized carbons (Fsp3) is 0.643. The predicted molar refractivity (Wildman–Crippen MR) is 72.4 cm³/mol. The van der Waals surface area contributed by atoms with Crippen molar-refractivity contribution in [1.29, 1.82) is 0 Å². The van der Waals surface area contributed by atoms with E-state index in [0.29, 0.717) is 38.7 Å². The zero-order chi connectivity index (χ0) is 14.1. The van der Waals surface area contributed by atoms with Crippen LogP contribution in [0.25, 0.3) is 0 Å². The largest absolute Gasteiger partial charge is 0.461 e. The van der Waals surface area contributed by atoms with E-state index < -0.39 is 0 Å². The lowest BCUT2D eigenvalue weighted by atomic mass is 10.3. The maximum absolute atomic E-state index is 11.8. The molecule has 0 saturated carbocycles. The lowest BCUT2D eigenvalue weighted by Gasteiger charge is -2.10. The second kappa shape index (κ2) is 8.72. The Morgan fingerprint density at radius 1 is 1.32 bits per heavy atom. The van der Waals surface area contributed by atoms with Crippen LogP contribution >= 0.6 is 0 Å². The highest BCUT2D eigenvalue weighted by Gasteiger charge is 2.15. The first-order chi connectivity index (χ1) is 9.20. The first-order valence-corrected chi connectivity index (χ1v) is 6.60. The van der Waals surface area contributed by atoms with Gasteiger partial charge in [-0.25, -0.2) is 4.79 Å². The van der Waals surface area contributed by atoms with Crippen LogP contribution in [0.3, 0.4) is 0 Å². The number of carbonyl (C=O) groups is 1. The summed E-state index contributed by atoms with van der Waals surface area (Å²) in [5.74, 6) is -0.274.